The first-order valence-corrected chi connectivity index (χ1v) is 7.69. The molecular weight excluding hydrogens is 322 g/mol. The van der Waals surface area contributed by atoms with E-state index in [4.69, 9.17) is 14.0 Å². The minimum atomic E-state index is -0.305. The molecule has 0 saturated carbocycles. The summed E-state index contributed by atoms with van der Waals surface area (Å²) in [4.78, 5) is 16.1. The van der Waals surface area contributed by atoms with E-state index < -0.39 is 0 Å². The van der Waals surface area contributed by atoms with Gasteiger partial charge in [0.2, 0.25) is 5.91 Å². The van der Waals surface area contributed by atoms with Gasteiger partial charge in [0.05, 0.1) is 5.69 Å². The van der Waals surface area contributed by atoms with E-state index in [0.29, 0.717) is 28.9 Å². The molecule has 7 heteroatoms. The van der Waals surface area contributed by atoms with E-state index in [2.05, 4.69) is 15.5 Å². The van der Waals surface area contributed by atoms with Crippen molar-refractivity contribution in [2.24, 2.45) is 0 Å². The number of aromatic nitrogens is 2. The number of nitrogens with zero attached hydrogens (tertiary/aromatic N) is 2. The van der Waals surface area contributed by atoms with Crippen molar-refractivity contribution in [2.75, 3.05) is 11.9 Å². The number of carbonyl (C=O) groups excluding carboxylic acids is 1. The molecule has 0 bridgehead atoms. The number of benzene rings is 2. The summed E-state index contributed by atoms with van der Waals surface area (Å²) in [6.07, 6.45) is 0. The summed E-state index contributed by atoms with van der Waals surface area (Å²) >= 11 is 0. The summed E-state index contributed by atoms with van der Waals surface area (Å²) in [7, 11) is 0. The van der Waals surface area contributed by atoms with E-state index in [1.807, 2.05) is 42.5 Å². The number of hydrogen-bond donors (Lipinski definition) is 1. The summed E-state index contributed by atoms with van der Waals surface area (Å²) < 4.78 is 16.0. The number of nitrogens with one attached hydrogen (secondary N) is 1. The van der Waals surface area contributed by atoms with Gasteiger partial charge in [-0.25, -0.2) is 0 Å². The average molecular weight is 339 g/mol. The van der Waals surface area contributed by atoms with E-state index in [1.54, 1.807) is 19.1 Å². The lowest BCUT2D eigenvalue weighted by molar-refractivity contribution is -0.121. The van der Waals surface area contributed by atoms with Gasteiger partial charge in [0, 0.05) is 0 Å². The first kappa shape index (κ1) is 16.7. The molecule has 2 aromatic carbocycles. The fourth-order valence-electron chi connectivity index (χ4n) is 2.09. The van der Waals surface area contributed by atoms with Crippen molar-refractivity contribution in [1.82, 2.24) is 10.1 Å². The number of ether oxygens (including phenoxy) is 2. The number of carbonyl (C=O) groups is 1. The second-order valence-corrected chi connectivity index (χ2v) is 5.19. The summed E-state index contributed by atoms with van der Waals surface area (Å²) in [5.41, 5.74) is 0.564. The van der Waals surface area contributed by atoms with Gasteiger partial charge in [0.1, 0.15) is 19.0 Å². The lowest BCUT2D eigenvalue weighted by atomic mass is 10.3. The van der Waals surface area contributed by atoms with Crippen LogP contribution in [0.2, 0.25) is 0 Å². The Kier molecular flexibility index (Phi) is 5.38. The van der Waals surface area contributed by atoms with Crippen LogP contribution in [0.1, 0.15) is 11.7 Å². The molecule has 0 fully saturated rings. The molecule has 128 valence electrons. The van der Waals surface area contributed by atoms with E-state index in [9.17, 15) is 4.79 Å². The second-order valence-electron chi connectivity index (χ2n) is 5.19. The minimum absolute atomic E-state index is 0.0798. The third kappa shape index (κ3) is 4.89. The maximum absolute atomic E-state index is 12.1. The van der Waals surface area contributed by atoms with Crippen LogP contribution in [0.25, 0.3) is 0 Å². The molecule has 25 heavy (non-hydrogen) atoms. The number of hydrogen-bond acceptors (Lipinski definition) is 6. The third-order valence-corrected chi connectivity index (χ3v) is 3.16. The Balaban J connectivity index is 1.55. The van der Waals surface area contributed by atoms with Crippen LogP contribution in [-0.2, 0) is 16.1 Å². The zero-order valence-corrected chi connectivity index (χ0v) is 13.6. The number of rotatable bonds is 7. The lowest BCUT2D eigenvalue weighted by Gasteiger charge is -2.12. The van der Waals surface area contributed by atoms with Gasteiger partial charge in [-0.2, -0.15) is 4.98 Å². The SMILES string of the molecule is Cc1noc(COCC(=O)Nc2ccccc2Oc2ccccc2)n1. The zero-order chi connectivity index (χ0) is 17.5. The van der Waals surface area contributed by atoms with Crippen LogP contribution in [0.15, 0.2) is 59.1 Å². The highest BCUT2D eigenvalue weighted by atomic mass is 16.5. The van der Waals surface area contributed by atoms with Crippen molar-refractivity contribution < 1.29 is 18.8 Å². The van der Waals surface area contributed by atoms with Gasteiger partial charge < -0.3 is 19.3 Å². The fourth-order valence-corrected chi connectivity index (χ4v) is 2.09. The highest BCUT2D eigenvalue weighted by Gasteiger charge is 2.10. The Bertz CT molecular complexity index is 833. The Morgan fingerprint density at radius 2 is 1.88 bits per heavy atom. The highest BCUT2D eigenvalue weighted by molar-refractivity contribution is 5.93. The lowest BCUT2D eigenvalue weighted by Crippen LogP contribution is -2.18. The second kappa shape index (κ2) is 8.07. The molecule has 1 amide bonds. The molecule has 0 atom stereocenters. The van der Waals surface area contributed by atoms with Gasteiger partial charge in [-0.15, -0.1) is 0 Å². The summed E-state index contributed by atoms with van der Waals surface area (Å²) in [5.74, 6) is 1.79. The van der Waals surface area contributed by atoms with Crippen LogP contribution >= 0.6 is 0 Å². The quantitative estimate of drug-likeness (QED) is 0.710. The standard InChI is InChI=1S/C18H17N3O4/c1-13-19-18(25-21-13)12-23-11-17(22)20-15-9-5-6-10-16(15)24-14-7-3-2-4-8-14/h2-10H,11-12H2,1H3,(H,20,22). The van der Waals surface area contributed by atoms with Crippen molar-refractivity contribution in [3.63, 3.8) is 0 Å². The molecular formula is C18H17N3O4. The van der Waals surface area contributed by atoms with Crippen LogP contribution in [0, 0.1) is 6.92 Å². The van der Waals surface area contributed by atoms with Crippen LogP contribution in [0.3, 0.4) is 0 Å². The van der Waals surface area contributed by atoms with Crippen molar-refractivity contribution in [3.05, 3.63) is 66.3 Å². The van der Waals surface area contributed by atoms with Gasteiger partial charge in [0.25, 0.3) is 5.89 Å². The number of amides is 1. The molecule has 0 radical (unpaired) electrons. The zero-order valence-electron chi connectivity index (χ0n) is 13.6. The van der Waals surface area contributed by atoms with Crippen molar-refractivity contribution in [3.8, 4) is 11.5 Å². The van der Waals surface area contributed by atoms with Crippen LogP contribution in [0.4, 0.5) is 5.69 Å². The predicted molar refractivity (Wildman–Crippen MR) is 90.3 cm³/mol. The largest absolute Gasteiger partial charge is 0.455 e. The molecule has 0 aliphatic carbocycles. The van der Waals surface area contributed by atoms with Crippen LogP contribution in [0.5, 0.6) is 11.5 Å². The first-order chi connectivity index (χ1) is 12.2. The molecule has 0 unspecified atom stereocenters. The predicted octanol–water partition coefficient (Wildman–Crippen LogP) is 3.33. The van der Waals surface area contributed by atoms with Gasteiger partial charge >= 0.3 is 0 Å². The smallest absolute Gasteiger partial charge is 0.252 e. The molecule has 0 saturated heterocycles. The summed E-state index contributed by atoms with van der Waals surface area (Å²) in [6, 6.07) is 16.5. The molecule has 7 nitrogen and oxygen atoms in total. The van der Waals surface area contributed by atoms with Gasteiger partial charge in [-0.3, -0.25) is 4.79 Å². The van der Waals surface area contributed by atoms with Crippen molar-refractivity contribution >= 4 is 11.6 Å². The first-order valence-electron chi connectivity index (χ1n) is 7.69. The Hall–Kier alpha value is -3.19. The molecule has 1 aromatic heterocycles. The van der Waals surface area contributed by atoms with Crippen molar-refractivity contribution in [2.45, 2.75) is 13.5 Å². The monoisotopic (exact) mass is 339 g/mol. The summed E-state index contributed by atoms with van der Waals surface area (Å²) in [5, 5.41) is 6.42. The number of anilines is 1. The fraction of sp³-hybridized carbons (Fsp3) is 0.167. The molecule has 0 aliphatic heterocycles. The van der Waals surface area contributed by atoms with Gasteiger partial charge in [-0.05, 0) is 31.2 Å². The van der Waals surface area contributed by atoms with E-state index in [1.165, 1.54) is 0 Å². The van der Waals surface area contributed by atoms with Gasteiger partial charge in [-0.1, -0.05) is 35.5 Å². The van der Waals surface area contributed by atoms with Crippen LogP contribution < -0.4 is 10.1 Å². The maximum atomic E-state index is 12.1. The topological polar surface area (TPSA) is 86.5 Å². The van der Waals surface area contributed by atoms with Crippen LogP contribution in [-0.4, -0.2) is 22.7 Å². The maximum Gasteiger partial charge on any atom is 0.252 e. The Morgan fingerprint density at radius 3 is 2.64 bits per heavy atom. The van der Waals surface area contributed by atoms with E-state index in [-0.39, 0.29) is 19.1 Å². The molecule has 0 spiro atoms. The molecule has 1 heterocycles. The third-order valence-electron chi connectivity index (χ3n) is 3.16. The average Bonchev–Trinajstić information content (AvgIpc) is 3.03. The molecule has 0 aliphatic rings. The number of para-hydroxylation sites is 3. The van der Waals surface area contributed by atoms with Crippen molar-refractivity contribution in [1.29, 1.82) is 0 Å². The Labute approximate surface area is 144 Å². The molecule has 1 N–H and O–H groups in total. The Morgan fingerprint density at radius 1 is 1.12 bits per heavy atom. The molecule has 3 rings (SSSR count). The van der Waals surface area contributed by atoms with Gasteiger partial charge in [0.15, 0.2) is 11.6 Å². The number of aryl methyl sites for hydroxylation is 1. The molecule has 3 aromatic rings. The summed E-state index contributed by atoms with van der Waals surface area (Å²) in [6.45, 7) is 1.65. The van der Waals surface area contributed by atoms with E-state index >= 15 is 0 Å². The van der Waals surface area contributed by atoms with E-state index in [0.717, 1.165) is 0 Å². The minimum Gasteiger partial charge on any atom is -0.455 e. The highest BCUT2D eigenvalue weighted by Crippen LogP contribution is 2.28. The normalized spacial score (nSPS) is 10.4.